The van der Waals surface area contributed by atoms with Crippen LogP contribution in [0.15, 0.2) is 79.4 Å². The van der Waals surface area contributed by atoms with Gasteiger partial charge in [0.15, 0.2) is 0 Å². The quantitative estimate of drug-likeness (QED) is 0.473. The van der Waals surface area contributed by atoms with E-state index >= 15 is 0 Å². The third-order valence-electron chi connectivity index (χ3n) is 5.09. The van der Waals surface area contributed by atoms with E-state index in [1.807, 2.05) is 36.4 Å². The number of halogens is 1. The SMILES string of the molecule is C=C/C=C\C=C/Cc1ccc(Cc2cc(Cl)ccc2OC2CC(O)CC(CO)S2)cc1. The molecule has 0 spiro atoms. The summed E-state index contributed by atoms with van der Waals surface area (Å²) < 4.78 is 6.24. The molecule has 2 aromatic carbocycles. The Morgan fingerprint density at radius 2 is 1.84 bits per heavy atom. The first-order chi connectivity index (χ1) is 15.1. The zero-order valence-electron chi connectivity index (χ0n) is 17.5. The zero-order chi connectivity index (χ0) is 22.1. The number of allylic oxidation sites excluding steroid dienone is 5. The van der Waals surface area contributed by atoms with Crippen molar-refractivity contribution in [1.29, 1.82) is 0 Å². The van der Waals surface area contributed by atoms with Crippen LogP contribution in [0.1, 0.15) is 29.5 Å². The number of thioether (sulfide) groups is 1. The van der Waals surface area contributed by atoms with E-state index in [2.05, 4.69) is 36.9 Å². The van der Waals surface area contributed by atoms with Crippen molar-refractivity contribution in [2.45, 2.75) is 42.5 Å². The molecule has 0 bridgehead atoms. The topological polar surface area (TPSA) is 49.7 Å². The molecule has 31 heavy (non-hydrogen) atoms. The van der Waals surface area contributed by atoms with Gasteiger partial charge < -0.3 is 14.9 Å². The largest absolute Gasteiger partial charge is 0.479 e. The molecule has 2 aromatic rings. The van der Waals surface area contributed by atoms with Crippen molar-refractivity contribution in [1.82, 2.24) is 0 Å². The maximum absolute atomic E-state index is 10.1. The van der Waals surface area contributed by atoms with Crippen molar-refractivity contribution in [3.8, 4) is 5.75 Å². The fraction of sp³-hybridized carbons (Fsp3) is 0.308. The second-order valence-electron chi connectivity index (χ2n) is 7.61. The highest BCUT2D eigenvalue weighted by Gasteiger charge is 2.29. The Morgan fingerprint density at radius 3 is 2.58 bits per heavy atom. The van der Waals surface area contributed by atoms with E-state index in [9.17, 15) is 10.2 Å². The van der Waals surface area contributed by atoms with Crippen LogP contribution in [0, 0.1) is 0 Å². The molecule has 1 saturated heterocycles. The van der Waals surface area contributed by atoms with Gasteiger partial charge in [-0.1, -0.05) is 72.8 Å². The molecule has 0 amide bonds. The van der Waals surface area contributed by atoms with Gasteiger partial charge >= 0.3 is 0 Å². The molecule has 2 N–H and O–H groups in total. The molecule has 0 saturated carbocycles. The lowest BCUT2D eigenvalue weighted by Gasteiger charge is -2.31. The summed E-state index contributed by atoms with van der Waals surface area (Å²) in [5.41, 5.74) is 3.24. The molecule has 1 aliphatic rings. The van der Waals surface area contributed by atoms with Crippen LogP contribution in [-0.4, -0.2) is 33.6 Å². The van der Waals surface area contributed by atoms with E-state index < -0.39 is 6.10 Å². The molecule has 0 radical (unpaired) electrons. The first-order valence-electron chi connectivity index (χ1n) is 10.5. The third kappa shape index (κ3) is 7.58. The predicted octanol–water partition coefficient (Wildman–Crippen LogP) is 5.73. The average Bonchev–Trinajstić information content (AvgIpc) is 2.76. The van der Waals surface area contributed by atoms with Gasteiger partial charge in [-0.3, -0.25) is 0 Å². The number of ether oxygens (including phenoxy) is 1. The number of hydrogen-bond acceptors (Lipinski definition) is 4. The summed E-state index contributed by atoms with van der Waals surface area (Å²) in [6.07, 6.45) is 12.0. The first-order valence-corrected chi connectivity index (χ1v) is 11.8. The van der Waals surface area contributed by atoms with E-state index in [4.69, 9.17) is 16.3 Å². The Hall–Kier alpha value is -1.98. The van der Waals surface area contributed by atoms with Crippen molar-refractivity contribution in [3.63, 3.8) is 0 Å². The van der Waals surface area contributed by atoms with Gasteiger partial charge in [-0.15, -0.1) is 11.8 Å². The van der Waals surface area contributed by atoms with Crippen LogP contribution in [0.5, 0.6) is 5.75 Å². The van der Waals surface area contributed by atoms with E-state index in [1.165, 1.54) is 11.1 Å². The monoisotopic (exact) mass is 456 g/mol. The molecule has 3 atom stereocenters. The van der Waals surface area contributed by atoms with Crippen molar-refractivity contribution in [3.05, 3.63) is 101 Å². The standard InChI is InChI=1S/C26H29ClO3S/c1-2-3-4-5-6-7-19-8-10-20(11-9-19)14-21-15-22(27)12-13-25(21)30-26-17-23(29)16-24(18-28)31-26/h2-6,8-13,15,23-24,26,28-29H,1,7,14,16-18H2/b4-3-,6-5-. The molecular formula is C26H29ClO3S. The minimum Gasteiger partial charge on any atom is -0.479 e. The van der Waals surface area contributed by atoms with Crippen molar-refractivity contribution >= 4 is 23.4 Å². The van der Waals surface area contributed by atoms with Crippen molar-refractivity contribution in [2.75, 3.05) is 6.61 Å². The van der Waals surface area contributed by atoms with Crippen LogP contribution in [0.25, 0.3) is 0 Å². The van der Waals surface area contributed by atoms with Gasteiger partial charge in [-0.2, -0.15) is 0 Å². The van der Waals surface area contributed by atoms with Crippen LogP contribution in [-0.2, 0) is 12.8 Å². The van der Waals surface area contributed by atoms with Gasteiger partial charge in [0.2, 0.25) is 0 Å². The summed E-state index contributed by atoms with van der Waals surface area (Å²) in [5.74, 6) is 0.772. The van der Waals surface area contributed by atoms with Crippen LogP contribution in [0.3, 0.4) is 0 Å². The lowest BCUT2D eigenvalue weighted by atomic mass is 10.0. The highest BCUT2D eigenvalue weighted by atomic mass is 35.5. The smallest absolute Gasteiger partial charge is 0.147 e. The summed E-state index contributed by atoms with van der Waals surface area (Å²) in [7, 11) is 0. The minimum atomic E-state index is -0.451. The highest BCUT2D eigenvalue weighted by Crippen LogP contribution is 2.35. The first kappa shape index (κ1) is 23.7. The number of benzene rings is 2. The molecule has 5 heteroatoms. The van der Waals surface area contributed by atoms with E-state index in [-0.39, 0.29) is 17.3 Å². The predicted molar refractivity (Wildman–Crippen MR) is 131 cm³/mol. The van der Waals surface area contributed by atoms with Gasteiger partial charge in [-0.25, -0.2) is 0 Å². The number of aliphatic hydroxyl groups excluding tert-OH is 2. The Kier molecular flexibility index (Phi) is 9.29. The van der Waals surface area contributed by atoms with E-state index in [0.29, 0.717) is 24.3 Å². The lowest BCUT2D eigenvalue weighted by Crippen LogP contribution is -2.33. The third-order valence-corrected chi connectivity index (χ3v) is 6.65. The Balaban J connectivity index is 1.67. The summed E-state index contributed by atoms with van der Waals surface area (Å²) in [4.78, 5) is 0. The summed E-state index contributed by atoms with van der Waals surface area (Å²) >= 11 is 7.84. The molecule has 3 unspecified atom stereocenters. The lowest BCUT2D eigenvalue weighted by molar-refractivity contribution is 0.104. The van der Waals surface area contributed by atoms with Crippen LogP contribution in [0.2, 0.25) is 5.02 Å². The van der Waals surface area contributed by atoms with E-state index in [0.717, 1.165) is 17.7 Å². The number of aliphatic hydroxyl groups is 2. The van der Waals surface area contributed by atoms with Crippen LogP contribution in [0.4, 0.5) is 0 Å². The maximum Gasteiger partial charge on any atom is 0.147 e. The highest BCUT2D eigenvalue weighted by molar-refractivity contribution is 8.00. The van der Waals surface area contributed by atoms with Gasteiger partial charge in [0.25, 0.3) is 0 Å². The minimum absolute atomic E-state index is 0.00152. The van der Waals surface area contributed by atoms with E-state index in [1.54, 1.807) is 17.8 Å². The molecule has 1 heterocycles. The normalized spacial score (nSPS) is 21.6. The molecule has 3 nitrogen and oxygen atoms in total. The molecule has 164 valence electrons. The van der Waals surface area contributed by atoms with Crippen LogP contribution < -0.4 is 4.74 Å². The molecular weight excluding hydrogens is 428 g/mol. The fourth-order valence-electron chi connectivity index (χ4n) is 3.52. The second-order valence-corrected chi connectivity index (χ2v) is 9.51. The molecule has 0 aromatic heterocycles. The Bertz CT molecular complexity index is 907. The summed E-state index contributed by atoms with van der Waals surface area (Å²) in [5, 5.41) is 20.2. The summed E-state index contributed by atoms with van der Waals surface area (Å²) in [6, 6.07) is 14.2. The number of rotatable bonds is 9. The zero-order valence-corrected chi connectivity index (χ0v) is 19.1. The summed E-state index contributed by atoms with van der Waals surface area (Å²) in [6.45, 7) is 3.70. The molecule has 1 aliphatic heterocycles. The number of hydrogen-bond donors (Lipinski definition) is 2. The van der Waals surface area contributed by atoms with Gasteiger partial charge in [0.1, 0.15) is 11.2 Å². The molecule has 0 aliphatic carbocycles. The Labute approximate surface area is 194 Å². The second kappa shape index (κ2) is 12.2. The maximum atomic E-state index is 10.1. The van der Waals surface area contributed by atoms with Gasteiger partial charge in [0, 0.05) is 28.7 Å². The van der Waals surface area contributed by atoms with Crippen LogP contribution >= 0.6 is 23.4 Å². The average molecular weight is 457 g/mol. The van der Waals surface area contributed by atoms with Crippen molar-refractivity contribution in [2.24, 2.45) is 0 Å². The van der Waals surface area contributed by atoms with Gasteiger partial charge in [0.05, 0.1) is 12.7 Å². The van der Waals surface area contributed by atoms with Gasteiger partial charge in [-0.05, 0) is 42.2 Å². The van der Waals surface area contributed by atoms with Crippen molar-refractivity contribution < 1.29 is 14.9 Å². The molecule has 3 rings (SSSR count). The molecule has 1 fully saturated rings. The fourth-order valence-corrected chi connectivity index (χ4v) is 5.06. The Morgan fingerprint density at radius 1 is 1.06 bits per heavy atom.